The van der Waals surface area contributed by atoms with Crippen LogP contribution in [-0.2, 0) is 12.8 Å². The fourth-order valence-electron chi connectivity index (χ4n) is 2.53. The molecular weight excluding hydrogens is 170 g/mol. The average molecular weight is 187 g/mol. The summed E-state index contributed by atoms with van der Waals surface area (Å²) in [7, 11) is 0. The zero-order valence-corrected chi connectivity index (χ0v) is 8.50. The third kappa shape index (κ3) is 1.36. The first-order valence-electron chi connectivity index (χ1n) is 5.72. The lowest BCUT2D eigenvalue weighted by atomic mass is 9.99. The first-order valence-corrected chi connectivity index (χ1v) is 5.72. The van der Waals surface area contributed by atoms with Gasteiger partial charge < -0.3 is 5.73 Å². The second-order valence-corrected chi connectivity index (χ2v) is 4.74. The van der Waals surface area contributed by atoms with Gasteiger partial charge in [-0.15, -0.1) is 0 Å². The van der Waals surface area contributed by atoms with Crippen LogP contribution < -0.4 is 5.73 Å². The summed E-state index contributed by atoms with van der Waals surface area (Å²) < 4.78 is 0. The Hall–Kier alpha value is -0.820. The van der Waals surface area contributed by atoms with Crippen LogP contribution >= 0.6 is 0 Å². The largest absolute Gasteiger partial charge is 0.324 e. The number of benzene rings is 1. The van der Waals surface area contributed by atoms with E-state index in [1.807, 2.05) is 0 Å². The Morgan fingerprint density at radius 2 is 1.93 bits per heavy atom. The van der Waals surface area contributed by atoms with E-state index in [9.17, 15) is 0 Å². The molecule has 1 aromatic rings. The van der Waals surface area contributed by atoms with Crippen LogP contribution in [0.3, 0.4) is 0 Å². The van der Waals surface area contributed by atoms with Crippen molar-refractivity contribution in [3.63, 3.8) is 0 Å². The molecule has 1 heteroatoms. The number of hydrogen-bond donors (Lipinski definition) is 1. The zero-order chi connectivity index (χ0) is 9.54. The molecule has 0 aliphatic heterocycles. The van der Waals surface area contributed by atoms with E-state index < -0.39 is 0 Å². The minimum Gasteiger partial charge on any atom is -0.324 e. The monoisotopic (exact) mass is 187 g/mol. The fraction of sp³-hybridized carbons (Fsp3) is 0.538. The van der Waals surface area contributed by atoms with Gasteiger partial charge in [0.1, 0.15) is 0 Å². The molecule has 1 fully saturated rings. The molecule has 1 atom stereocenters. The number of rotatable bonds is 2. The minimum atomic E-state index is 0.306. The predicted molar refractivity (Wildman–Crippen MR) is 58.1 cm³/mol. The van der Waals surface area contributed by atoms with Crippen molar-refractivity contribution in [3.8, 4) is 0 Å². The molecule has 0 amide bonds. The van der Waals surface area contributed by atoms with Crippen molar-refractivity contribution in [1.82, 2.24) is 0 Å². The van der Waals surface area contributed by atoms with Gasteiger partial charge in [0.2, 0.25) is 0 Å². The molecule has 2 N–H and O–H groups in total. The van der Waals surface area contributed by atoms with Gasteiger partial charge in [-0.2, -0.15) is 0 Å². The topological polar surface area (TPSA) is 26.0 Å². The second kappa shape index (κ2) is 3.09. The maximum Gasteiger partial charge on any atom is 0.0323 e. The highest BCUT2D eigenvalue weighted by atomic mass is 14.7. The molecule has 14 heavy (non-hydrogen) atoms. The lowest BCUT2D eigenvalue weighted by Crippen LogP contribution is -2.12. The van der Waals surface area contributed by atoms with Crippen LogP contribution in [-0.4, -0.2) is 0 Å². The van der Waals surface area contributed by atoms with E-state index in [0.29, 0.717) is 6.04 Å². The van der Waals surface area contributed by atoms with Crippen LogP contribution in [0, 0.1) is 5.92 Å². The summed E-state index contributed by atoms with van der Waals surface area (Å²) in [5.41, 5.74) is 10.7. The van der Waals surface area contributed by atoms with Gasteiger partial charge in [0.25, 0.3) is 0 Å². The second-order valence-electron chi connectivity index (χ2n) is 4.74. The summed E-state index contributed by atoms with van der Waals surface area (Å²) >= 11 is 0. The van der Waals surface area contributed by atoms with Crippen LogP contribution in [0.2, 0.25) is 0 Å². The van der Waals surface area contributed by atoms with E-state index in [1.54, 1.807) is 11.1 Å². The summed E-state index contributed by atoms with van der Waals surface area (Å²) in [6.45, 7) is 0. The Balaban J connectivity index is 1.91. The van der Waals surface area contributed by atoms with Crippen molar-refractivity contribution in [1.29, 1.82) is 0 Å². The standard InChI is InChI=1S/C13H17N/c14-13(10-5-6-10)12-7-4-9-2-1-3-11(9)8-12/h4,7-8,10,13H,1-3,5-6,14H2/t13-/m1/s1. The molecule has 1 saturated carbocycles. The molecule has 0 unspecified atom stereocenters. The first kappa shape index (κ1) is 8.49. The van der Waals surface area contributed by atoms with E-state index in [1.165, 1.54) is 37.7 Å². The van der Waals surface area contributed by atoms with Gasteiger partial charge in [0.15, 0.2) is 0 Å². The van der Waals surface area contributed by atoms with Gasteiger partial charge >= 0.3 is 0 Å². The number of fused-ring (bicyclic) bond motifs is 1. The molecule has 1 aromatic carbocycles. The molecule has 0 radical (unpaired) electrons. The van der Waals surface area contributed by atoms with Gasteiger partial charge in [-0.1, -0.05) is 18.2 Å². The van der Waals surface area contributed by atoms with E-state index in [0.717, 1.165) is 5.92 Å². The molecule has 74 valence electrons. The Kier molecular flexibility index (Phi) is 1.88. The molecule has 0 aromatic heterocycles. The van der Waals surface area contributed by atoms with Gasteiger partial charge in [0, 0.05) is 6.04 Å². The quantitative estimate of drug-likeness (QED) is 0.756. The third-order valence-electron chi connectivity index (χ3n) is 3.64. The Morgan fingerprint density at radius 3 is 2.71 bits per heavy atom. The van der Waals surface area contributed by atoms with Crippen molar-refractivity contribution >= 4 is 0 Å². The van der Waals surface area contributed by atoms with E-state index >= 15 is 0 Å². The third-order valence-corrected chi connectivity index (χ3v) is 3.64. The normalized spacial score (nSPS) is 22.1. The molecule has 0 bridgehead atoms. The summed E-state index contributed by atoms with van der Waals surface area (Å²) in [5, 5.41) is 0. The molecule has 1 nitrogen and oxygen atoms in total. The van der Waals surface area contributed by atoms with Crippen molar-refractivity contribution in [2.24, 2.45) is 11.7 Å². The lowest BCUT2D eigenvalue weighted by molar-refractivity contribution is 0.633. The average Bonchev–Trinajstić information content (AvgIpc) is 2.95. The van der Waals surface area contributed by atoms with Crippen LogP contribution in [0.15, 0.2) is 18.2 Å². The summed E-state index contributed by atoms with van der Waals surface area (Å²) in [6, 6.07) is 7.19. The number of hydrogen-bond acceptors (Lipinski definition) is 1. The highest BCUT2D eigenvalue weighted by Crippen LogP contribution is 2.40. The maximum atomic E-state index is 6.19. The van der Waals surface area contributed by atoms with Crippen LogP contribution in [0.1, 0.15) is 42.0 Å². The Morgan fingerprint density at radius 1 is 1.14 bits per heavy atom. The van der Waals surface area contributed by atoms with E-state index in [-0.39, 0.29) is 0 Å². The summed E-state index contributed by atoms with van der Waals surface area (Å²) in [5.74, 6) is 0.773. The summed E-state index contributed by atoms with van der Waals surface area (Å²) in [6.07, 6.45) is 6.53. The SMILES string of the molecule is N[C@@H](c1ccc2c(c1)CCC2)C1CC1. The molecule has 2 aliphatic carbocycles. The maximum absolute atomic E-state index is 6.19. The Labute approximate surface area is 85.3 Å². The molecule has 0 saturated heterocycles. The smallest absolute Gasteiger partial charge is 0.0323 e. The van der Waals surface area contributed by atoms with Crippen molar-refractivity contribution in [3.05, 3.63) is 34.9 Å². The molecular formula is C13H17N. The molecule has 2 aliphatic rings. The molecule has 0 spiro atoms. The predicted octanol–water partition coefficient (Wildman–Crippen LogP) is 2.59. The fourth-order valence-corrected chi connectivity index (χ4v) is 2.53. The summed E-state index contributed by atoms with van der Waals surface area (Å²) in [4.78, 5) is 0. The van der Waals surface area contributed by atoms with E-state index in [2.05, 4.69) is 18.2 Å². The lowest BCUT2D eigenvalue weighted by Gasteiger charge is -2.12. The highest BCUT2D eigenvalue weighted by molar-refractivity contribution is 5.36. The van der Waals surface area contributed by atoms with Crippen LogP contribution in [0.5, 0.6) is 0 Å². The van der Waals surface area contributed by atoms with Gasteiger partial charge in [-0.3, -0.25) is 0 Å². The van der Waals surface area contributed by atoms with Gasteiger partial charge in [-0.25, -0.2) is 0 Å². The van der Waals surface area contributed by atoms with Gasteiger partial charge in [-0.05, 0) is 54.7 Å². The van der Waals surface area contributed by atoms with Gasteiger partial charge in [0.05, 0.1) is 0 Å². The van der Waals surface area contributed by atoms with Crippen molar-refractivity contribution in [2.45, 2.75) is 38.1 Å². The zero-order valence-electron chi connectivity index (χ0n) is 8.50. The van der Waals surface area contributed by atoms with Crippen molar-refractivity contribution < 1.29 is 0 Å². The van der Waals surface area contributed by atoms with Crippen LogP contribution in [0.25, 0.3) is 0 Å². The first-order chi connectivity index (χ1) is 6.84. The molecule has 0 heterocycles. The molecule has 3 rings (SSSR count). The highest BCUT2D eigenvalue weighted by Gasteiger charge is 2.29. The number of aryl methyl sites for hydroxylation is 2. The van der Waals surface area contributed by atoms with E-state index in [4.69, 9.17) is 5.73 Å². The van der Waals surface area contributed by atoms with Crippen molar-refractivity contribution in [2.75, 3.05) is 0 Å². The Bertz CT molecular complexity index is 352. The number of nitrogens with two attached hydrogens (primary N) is 1. The van der Waals surface area contributed by atoms with Crippen LogP contribution in [0.4, 0.5) is 0 Å². The minimum absolute atomic E-state index is 0.306.